The van der Waals surface area contributed by atoms with Gasteiger partial charge in [0, 0.05) is 6.20 Å². The Kier molecular flexibility index (Phi) is 16.7. The van der Waals surface area contributed by atoms with Gasteiger partial charge in [-0.25, -0.2) is 4.39 Å². The largest absolute Gasteiger partial charge is 2.00 e. The first-order chi connectivity index (χ1) is 3.39. The third kappa shape index (κ3) is 6.92. The zero-order valence-electron chi connectivity index (χ0n) is 5.10. The van der Waals surface area contributed by atoms with E-state index >= 15 is 0 Å². The van der Waals surface area contributed by atoms with Crippen molar-refractivity contribution >= 4 is 23.1 Å². The molecule has 0 aliphatic heterocycles. The average molecular weight is 281 g/mol. The van der Waals surface area contributed by atoms with Gasteiger partial charge in [-0.3, -0.25) is 4.98 Å². The first kappa shape index (κ1) is 17.1. The Balaban J connectivity index is -0.000000163. The van der Waals surface area contributed by atoms with Crippen molar-refractivity contribution in [1.82, 2.24) is 4.98 Å². The van der Waals surface area contributed by atoms with E-state index in [0.717, 1.165) is 0 Å². The minimum absolute atomic E-state index is 0. The number of hydrogen-bond acceptors (Lipinski definition) is 1. The Morgan fingerprint density at radius 2 is 1.90 bits per heavy atom. The van der Waals surface area contributed by atoms with Crippen molar-refractivity contribution < 1.29 is 38.4 Å². The molecular formula is C5H4Br2FMgN. The summed E-state index contributed by atoms with van der Waals surface area (Å²) < 4.78 is 11.8. The number of hydrogen-bond donors (Lipinski definition) is 0. The summed E-state index contributed by atoms with van der Waals surface area (Å²) in [6, 6.07) is 2.91. The summed E-state index contributed by atoms with van der Waals surface area (Å²) in [5.41, 5.74) is 0. The van der Waals surface area contributed by atoms with Crippen LogP contribution in [0.15, 0.2) is 24.5 Å². The van der Waals surface area contributed by atoms with E-state index in [1.54, 1.807) is 6.07 Å². The molecule has 5 heteroatoms. The van der Waals surface area contributed by atoms with E-state index in [0.29, 0.717) is 0 Å². The van der Waals surface area contributed by atoms with Gasteiger partial charge in [0.2, 0.25) is 0 Å². The van der Waals surface area contributed by atoms with Crippen molar-refractivity contribution in [2.75, 3.05) is 0 Å². The summed E-state index contributed by atoms with van der Waals surface area (Å²) in [6.45, 7) is 0. The van der Waals surface area contributed by atoms with Gasteiger partial charge in [0.15, 0.2) is 0 Å². The Bertz CT molecular complexity index is 150. The van der Waals surface area contributed by atoms with E-state index in [1.165, 1.54) is 18.5 Å². The number of rotatable bonds is 0. The van der Waals surface area contributed by atoms with E-state index in [2.05, 4.69) is 4.98 Å². The molecule has 0 saturated heterocycles. The van der Waals surface area contributed by atoms with Crippen LogP contribution in [0.4, 0.5) is 4.39 Å². The van der Waals surface area contributed by atoms with Gasteiger partial charge in [-0.05, 0) is 12.1 Å². The molecule has 1 aromatic heterocycles. The minimum Gasteiger partial charge on any atom is -1.00 e. The summed E-state index contributed by atoms with van der Waals surface area (Å²) in [6.07, 6.45) is 2.70. The molecule has 52 valence electrons. The summed E-state index contributed by atoms with van der Waals surface area (Å²) >= 11 is 0. The van der Waals surface area contributed by atoms with Crippen molar-refractivity contribution in [2.45, 2.75) is 0 Å². The van der Waals surface area contributed by atoms with Gasteiger partial charge in [-0.2, -0.15) is 0 Å². The Hall–Kier alpha value is 0.806. The van der Waals surface area contributed by atoms with Gasteiger partial charge in [-0.15, -0.1) is 0 Å². The van der Waals surface area contributed by atoms with Crippen molar-refractivity contribution in [1.29, 1.82) is 0 Å². The van der Waals surface area contributed by atoms with Crippen LogP contribution in [0.2, 0.25) is 0 Å². The second-order valence-electron chi connectivity index (χ2n) is 1.17. The number of pyridine rings is 1. The van der Waals surface area contributed by atoms with Crippen LogP contribution in [-0.4, -0.2) is 28.0 Å². The fourth-order valence-corrected chi connectivity index (χ4v) is 0.342. The number of nitrogens with zero attached hydrogens (tertiary/aromatic N) is 1. The van der Waals surface area contributed by atoms with E-state index < -0.39 is 0 Å². The molecule has 0 bridgehead atoms. The van der Waals surface area contributed by atoms with Crippen LogP contribution >= 0.6 is 0 Å². The molecule has 0 unspecified atom stereocenters. The molecule has 1 heterocycles. The van der Waals surface area contributed by atoms with Crippen LogP contribution in [0.1, 0.15) is 0 Å². The maximum atomic E-state index is 11.8. The van der Waals surface area contributed by atoms with E-state index in [9.17, 15) is 4.39 Å². The molecule has 1 rings (SSSR count). The van der Waals surface area contributed by atoms with Crippen LogP contribution in [0.25, 0.3) is 0 Å². The normalized spacial score (nSPS) is 6.10. The molecule has 1 nitrogen and oxygen atoms in total. The molecule has 0 N–H and O–H groups in total. The fraction of sp³-hybridized carbons (Fsp3) is 0. The second-order valence-corrected chi connectivity index (χ2v) is 1.17. The summed E-state index contributed by atoms with van der Waals surface area (Å²) in [5, 5.41) is 0. The minimum atomic E-state index is -0.289. The maximum Gasteiger partial charge on any atom is 2.00 e. The van der Waals surface area contributed by atoms with Crippen LogP contribution in [0.5, 0.6) is 0 Å². The summed E-state index contributed by atoms with van der Waals surface area (Å²) in [5.74, 6) is -0.289. The van der Waals surface area contributed by atoms with Gasteiger partial charge in [0.25, 0.3) is 0 Å². The van der Waals surface area contributed by atoms with E-state index in [1.807, 2.05) is 0 Å². The maximum absolute atomic E-state index is 11.8. The third-order valence-corrected chi connectivity index (χ3v) is 0.625. The molecule has 0 saturated carbocycles. The molecule has 0 radical (unpaired) electrons. The van der Waals surface area contributed by atoms with Crippen molar-refractivity contribution in [3.8, 4) is 0 Å². The molecule has 0 amide bonds. The van der Waals surface area contributed by atoms with Crippen LogP contribution in [-0.2, 0) is 0 Å². The number of halogens is 3. The summed E-state index contributed by atoms with van der Waals surface area (Å²) in [7, 11) is 0. The molecule has 0 fully saturated rings. The van der Waals surface area contributed by atoms with Gasteiger partial charge in [0.05, 0.1) is 6.20 Å². The first-order valence-electron chi connectivity index (χ1n) is 1.95. The molecule has 0 aromatic carbocycles. The van der Waals surface area contributed by atoms with Crippen molar-refractivity contribution in [3.05, 3.63) is 30.3 Å². The molecule has 0 spiro atoms. The monoisotopic (exact) mass is 279 g/mol. The zero-order chi connectivity index (χ0) is 5.11. The Morgan fingerprint density at radius 1 is 1.30 bits per heavy atom. The number of aromatic nitrogens is 1. The van der Waals surface area contributed by atoms with Gasteiger partial charge >= 0.3 is 23.1 Å². The second kappa shape index (κ2) is 9.81. The standard InChI is InChI=1S/C5H4FN.2BrH.Mg/c6-5-2-1-3-7-4-5;;;/h1-4H;2*1H;/q;;;+2/p-2. The Labute approximate surface area is 96.1 Å². The zero-order valence-corrected chi connectivity index (χ0v) is 9.68. The first-order valence-corrected chi connectivity index (χ1v) is 1.95. The van der Waals surface area contributed by atoms with Gasteiger partial charge < -0.3 is 34.0 Å². The van der Waals surface area contributed by atoms with Gasteiger partial charge in [-0.1, -0.05) is 0 Å². The summed E-state index contributed by atoms with van der Waals surface area (Å²) in [4.78, 5) is 3.51. The SMILES string of the molecule is Fc1cccnc1.[Br-].[Br-].[Mg+2]. The molecule has 10 heavy (non-hydrogen) atoms. The van der Waals surface area contributed by atoms with E-state index in [4.69, 9.17) is 0 Å². The van der Waals surface area contributed by atoms with Crippen LogP contribution in [0, 0.1) is 5.82 Å². The molecule has 0 atom stereocenters. The predicted octanol–water partition coefficient (Wildman–Crippen LogP) is -5.15. The molecular weight excluding hydrogens is 277 g/mol. The smallest absolute Gasteiger partial charge is 1.00 e. The Morgan fingerprint density at radius 3 is 2.10 bits per heavy atom. The average Bonchev–Trinajstić information content (AvgIpc) is 1.69. The van der Waals surface area contributed by atoms with Crippen LogP contribution < -0.4 is 34.0 Å². The molecule has 0 aliphatic rings. The van der Waals surface area contributed by atoms with Crippen molar-refractivity contribution in [3.63, 3.8) is 0 Å². The molecule has 1 aromatic rings. The van der Waals surface area contributed by atoms with Crippen molar-refractivity contribution in [2.24, 2.45) is 0 Å². The predicted molar refractivity (Wildman–Crippen MR) is 29.9 cm³/mol. The molecule has 0 aliphatic carbocycles. The van der Waals surface area contributed by atoms with E-state index in [-0.39, 0.29) is 62.8 Å². The topological polar surface area (TPSA) is 12.9 Å². The van der Waals surface area contributed by atoms with Crippen LogP contribution in [0.3, 0.4) is 0 Å². The third-order valence-electron chi connectivity index (χ3n) is 0.625. The fourth-order valence-electron chi connectivity index (χ4n) is 0.342. The quantitative estimate of drug-likeness (QED) is 0.434. The van der Waals surface area contributed by atoms with Gasteiger partial charge in [0.1, 0.15) is 5.82 Å².